The first-order chi connectivity index (χ1) is 7.66. The minimum Gasteiger partial charge on any atom is -0.299 e. The number of nitrogens with zero attached hydrogens (tertiary/aromatic N) is 1. The summed E-state index contributed by atoms with van der Waals surface area (Å²) in [6.07, 6.45) is 4.05. The summed E-state index contributed by atoms with van der Waals surface area (Å²) < 4.78 is 0. The van der Waals surface area contributed by atoms with Crippen LogP contribution < -0.4 is 0 Å². The van der Waals surface area contributed by atoms with Gasteiger partial charge in [-0.3, -0.25) is 4.90 Å². The van der Waals surface area contributed by atoms with Gasteiger partial charge in [0.05, 0.1) is 0 Å². The van der Waals surface area contributed by atoms with E-state index in [0.717, 1.165) is 6.54 Å². The molecule has 16 heavy (non-hydrogen) atoms. The van der Waals surface area contributed by atoms with Crippen LogP contribution in [0.2, 0.25) is 0 Å². The van der Waals surface area contributed by atoms with Crippen molar-refractivity contribution in [3.05, 3.63) is 35.9 Å². The highest BCUT2D eigenvalue weighted by atomic mass is 15.1. The molecule has 0 aromatic heterocycles. The number of likely N-dealkylation sites (tertiary alicyclic amines) is 1. The third-order valence-electron chi connectivity index (χ3n) is 3.68. The maximum absolute atomic E-state index is 2.60. The topological polar surface area (TPSA) is 3.24 Å². The number of benzene rings is 1. The fourth-order valence-corrected chi connectivity index (χ4v) is 2.48. The van der Waals surface area contributed by atoms with Crippen molar-refractivity contribution in [3.63, 3.8) is 0 Å². The van der Waals surface area contributed by atoms with Crippen molar-refractivity contribution in [2.24, 2.45) is 5.41 Å². The molecule has 0 N–H and O–H groups in total. The molecule has 1 nitrogen and oxygen atoms in total. The molecule has 1 heteroatoms. The lowest BCUT2D eigenvalue weighted by molar-refractivity contribution is 0.256. The van der Waals surface area contributed by atoms with E-state index in [0.29, 0.717) is 5.41 Å². The quantitative estimate of drug-likeness (QED) is 0.730. The molecule has 1 fully saturated rings. The molecule has 0 radical (unpaired) electrons. The highest BCUT2D eigenvalue weighted by molar-refractivity contribution is 5.14. The third kappa shape index (κ3) is 3.34. The van der Waals surface area contributed by atoms with Crippen molar-refractivity contribution in [3.8, 4) is 0 Å². The van der Waals surface area contributed by atoms with Gasteiger partial charge in [0.15, 0.2) is 0 Å². The molecule has 1 saturated heterocycles. The van der Waals surface area contributed by atoms with Gasteiger partial charge in [0, 0.05) is 6.54 Å². The van der Waals surface area contributed by atoms with Crippen LogP contribution in [0.5, 0.6) is 0 Å². The van der Waals surface area contributed by atoms with E-state index >= 15 is 0 Å². The Kier molecular flexibility index (Phi) is 3.65. The second kappa shape index (κ2) is 5.01. The van der Waals surface area contributed by atoms with Crippen molar-refractivity contribution < 1.29 is 0 Å². The van der Waals surface area contributed by atoms with Crippen LogP contribution in [0.15, 0.2) is 30.3 Å². The van der Waals surface area contributed by atoms with E-state index in [-0.39, 0.29) is 0 Å². The lowest BCUT2D eigenvalue weighted by Crippen LogP contribution is -2.24. The first-order valence-corrected chi connectivity index (χ1v) is 6.42. The van der Waals surface area contributed by atoms with Gasteiger partial charge in [0.2, 0.25) is 0 Å². The molecule has 0 atom stereocenters. The summed E-state index contributed by atoms with van der Waals surface area (Å²) in [4.78, 5) is 2.60. The Labute approximate surface area is 99.5 Å². The van der Waals surface area contributed by atoms with Gasteiger partial charge in [-0.1, -0.05) is 44.2 Å². The third-order valence-corrected chi connectivity index (χ3v) is 3.68. The number of hydrogen-bond donors (Lipinski definition) is 0. The maximum atomic E-state index is 2.60. The van der Waals surface area contributed by atoms with Crippen LogP contribution in [-0.4, -0.2) is 18.0 Å². The smallest absolute Gasteiger partial charge is 0.0233 e. The molecule has 2 rings (SSSR count). The molecular formula is C15H23N. The van der Waals surface area contributed by atoms with Crippen LogP contribution in [-0.2, 0) is 6.54 Å². The normalized spacial score (nSPS) is 21.6. The molecule has 1 aliphatic heterocycles. The average Bonchev–Trinajstić information content (AvgIpc) is 2.42. The van der Waals surface area contributed by atoms with Crippen LogP contribution in [0.4, 0.5) is 0 Å². The van der Waals surface area contributed by atoms with Crippen molar-refractivity contribution >= 4 is 0 Å². The van der Waals surface area contributed by atoms with Crippen LogP contribution in [0, 0.1) is 5.41 Å². The van der Waals surface area contributed by atoms with Gasteiger partial charge in [-0.05, 0) is 43.3 Å². The monoisotopic (exact) mass is 217 g/mol. The summed E-state index contributed by atoms with van der Waals surface area (Å²) in [5.41, 5.74) is 1.99. The van der Waals surface area contributed by atoms with Gasteiger partial charge in [0.25, 0.3) is 0 Å². The Balaban J connectivity index is 1.92. The molecule has 0 bridgehead atoms. The predicted molar refractivity (Wildman–Crippen MR) is 69.4 cm³/mol. The predicted octanol–water partition coefficient (Wildman–Crippen LogP) is 3.70. The Morgan fingerprint density at radius 2 is 1.81 bits per heavy atom. The summed E-state index contributed by atoms with van der Waals surface area (Å²) in [7, 11) is 0. The molecule has 1 aromatic rings. The van der Waals surface area contributed by atoms with E-state index in [9.17, 15) is 0 Å². The molecule has 0 spiro atoms. The van der Waals surface area contributed by atoms with Gasteiger partial charge in [-0.15, -0.1) is 0 Å². The van der Waals surface area contributed by atoms with E-state index in [2.05, 4.69) is 49.1 Å². The average molecular weight is 217 g/mol. The zero-order valence-corrected chi connectivity index (χ0v) is 10.6. The van der Waals surface area contributed by atoms with Crippen molar-refractivity contribution in [2.45, 2.75) is 39.7 Å². The second-order valence-corrected chi connectivity index (χ2v) is 5.78. The number of rotatable bonds is 2. The van der Waals surface area contributed by atoms with Gasteiger partial charge >= 0.3 is 0 Å². The van der Waals surface area contributed by atoms with Crippen molar-refractivity contribution in [2.75, 3.05) is 13.1 Å². The van der Waals surface area contributed by atoms with Gasteiger partial charge in [-0.25, -0.2) is 0 Å². The Bertz CT molecular complexity index is 315. The molecule has 0 saturated carbocycles. The van der Waals surface area contributed by atoms with Gasteiger partial charge in [-0.2, -0.15) is 0 Å². The van der Waals surface area contributed by atoms with Gasteiger partial charge in [0.1, 0.15) is 0 Å². The molecule has 0 unspecified atom stereocenters. The summed E-state index contributed by atoms with van der Waals surface area (Å²) in [5, 5.41) is 0. The Morgan fingerprint density at radius 1 is 1.06 bits per heavy atom. The molecule has 1 aromatic carbocycles. The number of hydrogen-bond acceptors (Lipinski definition) is 1. The summed E-state index contributed by atoms with van der Waals surface area (Å²) in [6.45, 7) is 8.44. The van der Waals surface area contributed by atoms with Crippen LogP contribution >= 0.6 is 0 Å². The zero-order valence-electron chi connectivity index (χ0n) is 10.6. The Morgan fingerprint density at radius 3 is 2.56 bits per heavy atom. The molecule has 0 amide bonds. The lowest BCUT2D eigenvalue weighted by Gasteiger charge is -2.23. The van der Waals surface area contributed by atoms with Crippen LogP contribution in [0.25, 0.3) is 0 Å². The molecular weight excluding hydrogens is 194 g/mol. The molecule has 1 aliphatic rings. The van der Waals surface area contributed by atoms with Crippen LogP contribution in [0.3, 0.4) is 0 Å². The van der Waals surface area contributed by atoms with E-state index in [1.54, 1.807) is 0 Å². The van der Waals surface area contributed by atoms with Gasteiger partial charge < -0.3 is 0 Å². The zero-order chi connectivity index (χ0) is 11.4. The van der Waals surface area contributed by atoms with E-state index in [4.69, 9.17) is 0 Å². The lowest BCUT2D eigenvalue weighted by atomic mass is 9.85. The summed E-state index contributed by atoms with van der Waals surface area (Å²) >= 11 is 0. The standard InChI is InChI=1S/C15H23N/c1-15(2)9-6-11-16(12-10-15)13-14-7-4-3-5-8-14/h3-5,7-8H,6,9-13H2,1-2H3. The summed E-state index contributed by atoms with van der Waals surface area (Å²) in [6, 6.07) is 10.8. The first-order valence-electron chi connectivity index (χ1n) is 6.42. The minimum atomic E-state index is 0.547. The highest BCUT2D eigenvalue weighted by Crippen LogP contribution is 2.30. The SMILES string of the molecule is CC1(C)CCCN(Cc2ccccc2)CC1. The van der Waals surface area contributed by atoms with Crippen LogP contribution in [0.1, 0.15) is 38.7 Å². The molecule has 0 aliphatic carbocycles. The minimum absolute atomic E-state index is 0.547. The highest BCUT2D eigenvalue weighted by Gasteiger charge is 2.22. The maximum Gasteiger partial charge on any atom is 0.0233 e. The fourth-order valence-electron chi connectivity index (χ4n) is 2.48. The van der Waals surface area contributed by atoms with E-state index in [1.807, 2.05) is 0 Å². The van der Waals surface area contributed by atoms with E-state index < -0.39 is 0 Å². The molecule has 88 valence electrons. The largest absolute Gasteiger partial charge is 0.299 e. The molecule has 1 heterocycles. The van der Waals surface area contributed by atoms with Crippen molar-refractivity contribution in [1.29, 1.82) is 0 Å². The van der Waals surface area contributed by atoms with E-state index in [1.165, 1.54) is 37.9 Å². The summed E-state index contributed by atoms with van der Waals surface area (Å²) in [5.74, 6) is 0. The Hall–Kier alpha value is -0.820. The van der Waals surface area contributed by atoms with Crippen molar-refractivity contribution in [1.82, 2.24) is 4.90 Å². The fraction of sp³-hybridized carbons (Fsp3) is 0.600. The first kappa shape index (κ1) is 11.7. The second-order valence-electron chi connectivity index (χ2n) is 5.78.